The van der Waals surface area contributed by atoms with Crippen molar-refractivity contribution in [3.63, 3.8) is 0 Å². The highest BCUT2D eigenvalue weighted by Crippen LogP contribution is 2.34. The fraction of sp³-hybridized carbons (Fsp3) is 0.500. The lowest BCUT2D eigenvalue weighted by molar-refractivity contribution is 0.174. The van der Waals surface area contributed by atoms with Crippen LogP contribution < -0.4 is 14.8 Å². The van der Waals surface area contributed by atoms with Crippen molar-refractivity contribution < 1.29 is 17.9 Å². The molecule has 100 valence electrons. The largest absolute Gasteiger partial charge is 0.454 e. The summed E-state index contributed by atoms with van der Waals surface area (Å²) in [5, 5.41) is 3.07. The van der Waals surface area contributed by atoms with Crippen LogP contribution in [0.2, 0.25) is 0 Å². The van der Waals surface area contributed by atoms with Gasteiger partial charge >= 0.3 is 0 Å². The summed E-state index contributed by atoms with van der Waals surface area (Å²) in [5.74, 6) is 1.81. The van der Waals surface area contributed by atoms with E-state index < -0.39 is 9.84 Å². The second kappa shape index (κ2) is 5.48. The van der Waals surface area contributed by atoms with Crippen LogP contribution in [0.15, 0.2) is 18.2 Å². The van der Waals surface area contributed by atoms with E-state index in [-0.39, 0.29) is 18.3 Å². The fourth-order valence-corrected chi connectivity index (χ4v) is 3.01. The zero-order valence-corrected chi connectivity index (χ0v) is 11.1. The van der Waals surface area contributed by atoms with Crippen LogP contribution in [0.5, 0.6) is 11.5 Å². The molecule has 1 heterocycles. The van der Waals surface area contributed by atoms with E-state index in [2.05, 4.69) is 5.32 Å². The van der Waals surface area contributed by atoms with Gasteiger partial charge in [0, 0.05) is 24.1 Å². The zero-order valence-electron chi connectivity index (χ0n) is 10.3. The van der Waals surface area contributed by atoms with Gasteiger partial charge in [-0.05, 0) is 18.6 Å². The van der Waals surface area contributed by atoms with Crippen LogP contribution in [-0.4, -0.2) is 33.3 Å². The average Bonchev–Trinajstić information content (AvgIpc) is 2.75. The Hall–Kier alpha value is -1.43. The van der Waals surface area contributed by atoms with E-state index in [1.54, 1.807) is 0 Å². The summed E-state index contributed by atoms with van der Waals surface area (Å²) in [6.07, 6.45) is 0.659. The van der Waals surface area contributed by atoms with E-state index >= 15 is 0 Å². The molecule has 18 heavy (non-hydrogen) atoms. The molecule has 0 spiro atoms. The zero-order chi connectivity index (χ0) is 13.0. The third-order valence-corrected chi connectivity index (χ3v) is 4.49. The Labute approximate surface area is 107 Å². The molecule has 0 amide bonds. The Morgan fingerprint density at radius 2 is 2.00 bits per heavy atom. The van der Waals surface area contributed by atoms with Crippen LogP contribution in [0.3, 0.4) is 0 Å². The highest BCUT2D eigenvalue weighted by Gasteiger charge is 2.13. The van der Waals surface area contributed by atoms with Gasteiger partial charge in [-0.3, -0.25) is 0 Å². The molecule has 6 heteroatoms. The fourth-order valence-electron chi connectivity index (χ4n) is 1.77. The molecular formula is C12H17NO4S. The standard InChI is InChI=1S/C12H17NO4S/c1-2-6-18(14,15)7-5-13-10-3-4-11-12(8-10)17-9-16-11/h3-4,8,13H,2,5-7,9H2,1H3. The lowest BCUT2D eigenvalue weighted by Gasteiger charge is -2.07. The minimum absolute atomic E-state index is 0.148. The van der Waals surface area contributed by atoms with Crippen molar-refractivity contribution in [3.05, 3.63) is 18.2 Å². The van der Waals surface area contributed by atoms with Crippen LogP contribution in [0, 0.1) is 0 Å². The van der Waals surface area contributed by atoms with Gasteiger partial charge in [-0.25, -0.2) is 8.42 Å². The molecule has 0 fully saturated rings. The van der Waals surface area contributed by atoms with Crippen molar-refractivity contribution in [3.8, 4) is 11.5 Å². The molecule has 0 atom stereocenters. The molecule has 0 saturated heterocycles. The molecule has 5 nitrogen and oxygen atoms in total. The molecule has 1 aliphatic rings. The van der Waals surface area contributed by atoms with Gasteiger partial charge in [-0.1, -0.05) is 6.92 Å². The Balaban J connectivity index is 1.87. The van der Waals surface area contributed by atoms with Gasteiger partial charge < -0.3 is 14.8 Å². The maximum atomic E-state index is 11.5. The van der Waals surface area contributed by atoms with Gasteiger partial charge in [0.1, 0.15) is 0 Å². The van der Waals surface area contributed by atoms with Gasteiger partial charge in [0.05, 0.1) is 5.75 Å². The summed E-state index contributed by atoms with van der Waals surface area (Å²) >= 11 is 0. The number of rotatable bonds is 6. The number of hydrogen-bond donors (Lipinski definition) is 1. The summed E-state index contributed by atoms with van der Waals surface area (Å²) in [6, 6.07) is 5.47. The van der Waals surface area contributed by atoms with Crippen LogP contribution in [0.25, 0.3) is 0 Å². The van der Waals surface area contributed by atoms with Gasteiger partial charge in [0.25, 0.3) is 0 Å². The van der Waals surface area contributed by atoms with Gasteiger partial charge in [-0.15, -0.1) is 0 Å². The third kappa shape index (κ3) is 3.29. The summed E-state index contributed by atoms with van der Waals surface area (Å²) in [7, 11) is -2.93. The predicted octanol–water partition coefficient (Wildman–Crippen LogP) is 1.65. The number of ether oxygens (including phenoxy) is 2. The number of nitrogens with one attached hydrogen (secondary N) is 1. The van der Waals surface area contributed by atoms with Gasteiger partial charge in [0.15, 0.2) is 21.3 Å². The quantitative estimate of drug-likeness (QED) is 0.852. The minimum Gasteiger partial charge on any atom is -0.454 e. The first kappa shape index (κ1) is 13.0. The molecule has 0 aliphatic carbocycles. The molecule has 0 unspecified atom stereocenters. The highest BCUT2D eigenvalue weighted by molar-refractivity contribution is 7.91. The minimum atomic E-state index is -2.93. The monoisotopic (exact) mass is 271 g/mol. The number of sulfone groups is 1. The topological polar surface area (TPSA) is 64.6 Å². The van der Waals surface area contributed by atoms with Crippen molar-refractivity contribution in [2.24, 2.45) is 0 Å². The molecule has 2 rings (SSSR count). The molecule has 0 radical (unpaired) electrons. The van der Waals surface area contributed by atoms with Crippen LogP contribution in [0.4, 0.5) is 5.69 Å². The summed E-state index contributed by atoms with van der Waals surface area (Å²) in [6.45, 7) is 2.51. The molecule has 0 bridgehead atoms. The van der Waals surface area contributed by atoms with Crippen molar-refractivity contribution in [2.75, 3.05) is 30.2 Å². The van der Waals surface area contributed by atoms with Crippen molar-refractivity contribution in [2.45, 2.75) is 13.3 Å². The molecular weight excluding hydrogens is 254 g/mol. The molecule has 0 aromatic heterocycles. The van der Waals surface area contributed by atoms with Gasteiger partial charge in [-0.2, -0.15) is 0 Å². The molecule has 1 aromatic carbocycles. The number of benzene rings is 1. The van der Waals surface area contributed by atoms with Crippen molar-refractivity contribution in [1.29, 1.82) is 0 Å². The Bertz CT molecular complexity index is 513. The first-order valence-electron chi connectivity index (χ1n) is 5.94. The Kier molecular flexibility index (Phi) is 3.96. The molecule has 1 N–H and O–H groups in total. The maximum absolute atomic E-state index is 11.5. The van der Waals surface area contributed by atoms with Crippen molar-refractivity contribution >= 4 is 15.5 Å². The Morgan fingerprint density at radius 1 is 1.22 bits per heavy atom. The highest BCUT2D eigenvalue weighted by atomic mass is 32.2. The number of fused-ring (bicyclic) bond motifs is 1. The van der Waals surface area contributed by atoms with E-state index in [0.717, 1.165) is 11.4 Å². The number of anilines is 1. The first-order chi connectivity index (χ1) is 8.61. The maximum Gasteiger partial charge on any atom is 0.231 e. The molecule has 1 aromatic rings. The summed E-state index contributed by atoms with van der Waals surface area (Å²) < 4.78 is 33.5. The SMILES string of the molecule is CCCS(=O)(=O)CCNc1ccc2c(c1)OCO2. The molecule has 1 aliphatic heterocycles. The lowest BCUT2D eigenvalue weighted by Crippen LogP contribution is -2.18. The van der Waals surface area contributed by atoms with Crippen LogP contribution in [-0.2, 0) is 9.84 Å². The summed E-state index contributed by atoms with van der Waals surface area (Å²) in [5.41, 5.74) is 0.839. The average molecular weight is 271 g/mol. The predicted molar refractivity (Wildman–Crippen MR) is 70.0 cm³/mol. The Morgan fingerprint density at radius 3 is 2.78 bits per heavy atom. The normalized spacial score (nSPS) is 13.6. The van der Waals surface area contributed by atoms with E-state index in [9.17, 15) is 8.42 Å². The number of hydrogen-bond acceptors (Lipinski definition) is 5. The van der Waals surface area contributed by atoms with E-state index in [1.807, 2.05) is 25.1 Å². The third-order valence-electron chi connectivity index (χ3n) is 2.63. The van der Waals surface area contributed by atoms with Gasteiger partial charge in [0.2, 0.25) is 6.79 Å². The van der Waals surface area contributed by atoms with Crippen LogP contribution >= 0.6 is 0 Å². The molecule has 0 saturated carbocycles. The van der Waals surface area contributed by atoms with E-state index in [1.165, 1.54) is 0 Å². The van der Waals surface area contributed by atoms with Crippen molar-refractivity contribution in [1.82, 2.24) is 0 Å². The lowest BCUT2D eigenvalue weighted by atomic mass is 10.3. The second-order valence-electron chi connectivity index (χ2n) is 4.15. The van der Waals surface area contributed by atoms with Crippen LogP contribution in [0.1, 0.15) is 13.3 Å². The van der Waals surface area contributed by atoms with E-state index in [0.29, 0.717) is 18.7 Å². The second-order valence-corrected chi connectivity index (χ2v) is 6.45. The summed E-state index contributed by atoms with van der Waals surface area (Å²) in [4.78, 5) is 0. The van der Waals surface area contributed by atoms with E-state index in [4.69, 9.17) is 9.47 Å². The first-order valence-corrected chi connectivity index (χ1v) is 7.77. The smallest absolute Gasteiger partial charge is 0.231 e.